The van der Waals surface area contributed by atoms with Crippen molar-refractivity contribution in [2.45, 2.75) is 70.0 Å². The highest BCUT2D eigenvalue weighted by atomic mass is 32.2. The van der Waals surface area contributed by atoms with Gasteiger partial charge in [-0.3, -0.25) is 19.5 Å². The van der Waals surface area contributed by atoms with Gasteiger partial charge in [0.2, 0.25) is 5.91 Å². The molecule has 0 spiro atoms. The quantitative estimate of drug-likeness (QED) is 0.554. The fourth-order valence-electron chi connectivity index (χ4n) is 5.97. The summed E-state index contributed by atoms with van der Waals surface area (Å²) in [5.41, 5.74) is 1.98. The van der Waals surface area contributed by atoms with Crippen molar-refractivity contribution in [1.29, 1.82) is 0 Å². The Labute approximate surface area is 216 Å². The molecule has 2 aliphatic carbocycles. The van der Waals surface area contributed by atoms with Gasteiger partial charge in [-0.15, -0.1) is 0 Å². The number of thioether (sulfide) groups is 1. The number of rotatable bonds is 5. The Kier molecular flexibility index (Phi) is 6.89. The SMILES string of the molecule is O=C(Cn1cc(/C=C2/SC(=NC3CCCC3)N(C3CCCC3)C2=O)c2ccccc21)N1CCOCC1. The molecule has 3 heterocycles. The van der Waals surface area contributed by atoms with E-state index in [1.807, 2.05) is 44.8 Å². The minimum Gasteiger partial charge on any atom is -0.378 e. The Morgan fingerprint density at radius 1 is 1.06 bits per heavy atom. The zero-order valence-corrected chi connectivity index (χ0v) is 21.5. The number of amidine groups is 1. The molecule has 0 unspecified atom stereocenters. The zero-order chi connectivity index (χ0) is 24.5. The molecule has 2 aromatic rings. The van der Waals surface area contributed by atoms with Crippen LogP contribution in [0.5, 0.6) is 0 Å². The van der Waals surface area contributed by atoms with Crippen molar-refractivity contribution in [1.82, 2.24) is 14.4 Å². The highest BCUT2D eigenvalue weighted by Gasteiger charge is 2.40. The lowest BCUT2D eigenvalue weighted by atomic mass is 10.1. The molecule has 6 rings (SSSR count). The summed E-state index contributed by atoms with van der Waals surface area (Å²) in [6.45, 7) is 2.75. The summed E-state index contributed by atoms with van der Waals surface area (Å²) in [5, 5.41) is 1.96. The van der Waals surface area contributed by atoms with Gasteiger partial charge in [0.1, 0.15) is 6.54 Å². The molecule has 1 aromatic carbocycles. The standard InChI is InChI=1S/C28H34N4O3S/c33-26(30-13-15-35-16-14-30)19-31-18-20(23-11-5-6-12-24(23)31)17-25-27(34)32(22-9-3-4-10-22)28(36-25)29-21-7-1-2-8-21/h5-6,11-12,17-18,21-22H,1-4,7-10,13-16,19H2/b25-17+,29-28?. The van der Waals surface area contributed by atoms with E-state index in [0.29, 0.717) is 32.3 Å². The van der Waals surface area contributed by atoms with Crippen LogP contribution < -0.4 is 0 Å². The van der Waals surface area contributed by atoms with E-state index < -0.39 is 0 Å². The molecule has 2 aliphatic heterocycles. The molecule has 8 heteroatoms. The van der Waals surface area contributed by atoms with Crippen LogP contribution in [-0.2, 0) is 20.9 Å². The van der Waals surface area contributed by atoms with Gasteiger partial charge in [0.25, 0.3) is 5.91 Å². The Bertz CT molecular complexity index is 1200. The minimum absolute atomic E-state index is 0.0878. The first-order chi connectivity index (χ1) is 17.7. The van der Waals surface area contributed by atoms with Crippen molar-refractivity contribution in [3.05, 3.63) is 40.9 Å². The van der Waals surface area contributed by atoms with E-state index in [4.69, 9.17) is 9.73 Å². The van der Waals surface area contributed by atoms with E-state index in [2.05, 4.69) is 6.07 Å². The van der Waals surface area contributed by atoms with Crippen LogP contribution in [0.25, 0.3) is 17.0 Å². The third-order valence-electron chi connectivity index (χ3n) is 7.92. The fourth-order valence-corrected chi connectivity index (χ4v) is 7.07. The van der Waals surface area contributed by atoms with Gasteiger partial charge < -0.3 is 14.2 Å². The molecular weight excluding hydrogens is 472 g/mol. The van der Waals surface area contributed by atoms with Crippen LogP contribution in [0, 0.1) is 0 Å². The molecule has 36 heavy (non-hydrogen) atoms. The molecule has 0 radical (unpaired) electrons. The second kappa shape index (κ2) is 10.4. The van der Waals surface area contributed by atoms with Gasteiger partial charge in [0.05, 0.1) is 24.2 Å². The largest absolute Gasteiger partial charge is 0.378 e. The third-order valence-corrected chi connectivity index (χ3v) is 8.92. The molecule has 2 amide bonds. The van der Waals surface area contributed by atoms with Crippen LogP contribution in [0.4, 0.5) is 0 Å². The number of benzene rings is 1. The molecule has 7 nitrogen and oxygen atoms in total. The summed E-state index contributed by atoms with van der Waals surface area (Å²) >= 11 is 1.54. The maximum atomic E-state index is 13.7. The molecule has 0 atom stereocenters. The van der Waals surface area contributed by atoms with E-state index in [1.54, 1.807) is 0 Å². The lowest BCUT2D eigenvalue weighted by Crippen LogP contribution is -2.42. The van der Waals surface area contributed by atoms with Crippen molar-refractivity contribution in [2.24, 2.45) is 4.99 Å². The number of carbonyl (C=O) groups excluding carboxylic acids is 2. The first-order valence-corrected chi connectivity index (χ1v) is 14.2. The number of aliphatic imine (C=N–C) groups is 1. The number of amides is 2. The highest BCUT2D eigenvalue weighted by molar-refractivity contribution is 8.18. The van der Waals surface area contributed by atoms with E-state index >= 15 is 0 Å². The van der Waals surface area contributed by atoms with Gasteiger partial charge in [-0.05, 0) is 49.6 Å². The molecule has 1 aromatic heterocycles. The number of carbonyl (C=O) groups is 2. The number of para-hydroxylation sites is 1. The minimum atomic E-state index is 0.0878. The molecule has 2 saturated carbocycles. The predicted octanol–water partition coefficient (Wildman–Crippen LogP) is 4.66. The van der Waals surface area contributed by atoms with Gasteiger partial charge in [-0.25, -0.2) is 0 Å². The van der Waals surface area contributed by atoms with E-state index in [1.165, 1.54) is 37.4 Å². The van der Waals surface area contributed by atoms with E-state index in [9.17, 15) is 9.59 Å². The lowest BCUT2D eigenvalue weighted by molar-refractivity contribution is -0.135. The van der Waals surface area contributed by atoms with Crippen LogP contribution in [0.15, 0.2) is 40.4 Å². The van der Waals surface area contributed by atoms with Crippen LogP contribution >= 0.6 is 11.8 Å². The van der Waals surface area contributed by atoms with Gasteiger partial charge in [-0.2, -0.15) is 0 Å². The van der Waals surface area contributed by atoms with Gasteiger partial charge in [0.15, 0.2) is 5.17 Å². The molecular formula is C28H34N4O3S. The first kappa shape index (κ1) is 23.8. The van der Waals surface area contributed by atoms with Crippen LogP contribution in [0.3, 0.4) is 0 Å². The van der Waals surface area contributed by atoms with Crippen molar-refractivity contribution in [2.75, 3.05) is 26.3 Å². The Morgan fingerprint density at radius 3 is 2.56 bits per heavy atom. The molecule has 2 saturated heterocycles. The molecule has 4 aliphatic rings. The average Bonchev–Trinajstić information content (AvgIpc) is 3.70. The van der Waals surface area contributed by atoms with Crippen LogP contribution in [-0.4, -0.2) is 69.7 Å². The predicted molar refractivity (Wildman–Crippen MR) is 144 cm³/mol. The van der Waals surface area contributed by atoms with Crippen LogP contribution in [0.2, 0.25) is 0 Å². The first-order valence-electron chi connectivity index (χ1n) is 13.4. The zero-order valence-electron chi connectivity index (χ0n) is 20.7. The van der Waals surface area contributed by atoms with Crippen molar-refractivity contribution in [3.63, 3.8) is 0 Å². The fraction of sp³-hybridized carbons (Fsp3) is 0.536. The smallest absolute Gasteiger partial charge is 0.267 e. The summed E-state index contributed by atoms with van der Waals surface area (Å²) < 4.78 is 7.42. The van der Waals surface area contributed by atoms with Gasteiger partial charge >= 0.3 is 0 Å². The van der Waals surface area contributed by atoms with Crippen molar-refractivity contribution >= 4 is 45.7 Å². The topological polar surface area (TPSA) is 67.1 Å². The summed E-state index contributed by atoms with van der Waals surface area (Å²) in [4.78, 5) is 36.3. The maximum Gasteiger partial charge on any atom is 0.267 e. The maximum absolute atomic E-state index is 13.7. The van der Waals surface area contributed by atoms with Crippen LogP contribution in [0.1, 0.15) is 56.9 Å². The summed E-state index contributed by atoms with van der Waals surface area (Å²) in [6, 6.07) is 8.74. The summed E-state index contributed by atoms with van der Waals surface area (Å²) in [5.74, 6) is 0.188. The number of morpholine rings is 1. The summed E-state index contributed by atoms with van der Waals surface area (Å²) in [6.07, 6.45) is 13.2. The molecule has 0 N–H and O–H groups in total. The lowest BCUT2D eigenvalue weighted by Gasteiger charge is -2.27. The molecule has 0 bridgehead atoms. The number of hydrogen-bond acceptors (Lipinski definition) is 5. The average molecular weight is 507 g/mol. The van der Waals surface area contributed by atoms with Crippen molar-refractivity contribution in [3.8, 4) is 0 Å². The second-order valence-electron chi connectivity index (χ2n) is 10.3. The Hall–Kier alpha value is -2.58. The molecule has 4 fully saturated rings. The molecule has 190 valence electrons. The normalized spacial score (nSPS) is 24.3. The second-order valence-corrected chi connectivity index (χ2v) is 11.3. The number of fused-ring (bicyclic) bond motifs is 1. The third kappa shape index (κ3) is 4.73. The Balaban J connectivity index is 1.31. The van der Waals surface area contributed by atoms with Gasteiger partial charge in [-0.1, -0.05) is 43.9 Å². The number of nitrogens with zero attached hydrogens (tertiary/aromatic N) is 4. The Morgan fingerprint density at radius 2 is 1.78 bits per heavy atom. The number of ether oxygens (including phenoxy) is 1. The summed E-state index contributed by atoms with van der Waals surface area (Å²) in [7, 11) is 0. The van der Waals surface area contributed by atoms with E-state index in [-0.39, 0.29) is 24.4 Å². The number of aromatic nitrogens is 1. The van der Waals surface area contributed by atoms with E-state index in [0.717, 1.165) is 52.2 Å². The monoisotopic (exact) mass is 506 g/mol. The van der Waals surface area contributed by atoms with Gasteiger partial charge in [0, 0.05) is 41.8 Å². The van der Waals surface area contributed by atoms with Crippen molar-refractivity contribution < 1.29 is 14.3 Å². The highest BCUT2D eigenvalue weighted by Crippen LogP contribution is 2.39. The number of hydrogen-bond donors (Lipinski definition) is 0.